The molecule has 0 spiro atoms. The fourth-order valence-corrected chi connectivity index (χ4v) is 4.27. The highest BCUT2D eigenvalue weighted by Crippen LogP contribution is 2.32. The number of thioether (sulfide) groups is 1. The van der Waals surface area contributed by atoms with Gasteiger partial charge in [0.15, 0.2) is 18.1 Å². The molecule has 2 aromatic carbocycles. The van der Waals surface area contributed by atoms with Crippen LogP contribution in [-0.2, 0) is 9.59 Å². The van der Waals surface area contributed by atoms with Crippen LogP contribution in [0.5, 0.6) is 11.5 Å². The average Bonchev–Trinajstić information content (AvgIpc) is 3.01. The Bertz CT molecular complexity index is 1070. The monoisotopic (exact) mass is 506 g/mol. The van der Waals surface area contributed by atoms with E-state index in [0.717, 1.165) is 21.2 Å². The largest absolute Gasteiger partial charge is 0.493 e. The molecule has 2 N–H and O–H groups in total. The van der Waals surface area contributed by atoms with Crippen LogP contribution in [-0.4, -0.2) is 29.9 Å². The highest BCUT2D eigenvalue weighted by atomic mass is 79.9. The highest BCUT2D eigenvalue weighted by Gasteiger charge is 2.22. The lowest BCUT2D eigenvalue weighted by Gasteiger charge is -2.13. The van der Waals surface area contributed by atoms with Gasteiger partial charge in [-0.2, -0.15) is 0 Å². The quantitative estimate of drug-likeness (QED) is 0.441. The van der Waals surface area contributed by atoms with Gasteiger partial charge in [-0.25, -0.2) is 0 Å². The molecule has 9 heteroatoms. The molecule has 1 aliphatic heterocycles. The first-order chi connectivity index (χ1) is 14.3. The van der Waals surface area contributed by atoms with Crippen LogP contribution in [0.15, 0.2) is 39.7 Å². The summed E-state index contributed by atoms with van der Waals surface area (Å²) in [4.78, 5) is 24.6. The Labute approximate surface area is 192 Å². The van der Waals surface area contributed by atoms with E-state index in [1.54, 1.807) is 24.3 Å². The van der Waals surface area contributed by atoms with Gasteiger partial charge >= 0.3 is 0 Å². The van der Waals surface area contributed by atoms with Gasteiger partial charge < -0.3 is 20.1 Å². The molecule has 0 aliphatic carbocycles. The lowest BCUT2D eigenvalue weighted by molar-refractivity contribution is -0.118. The first-order valence-corrected chi connectivity index (χ1v) is 10.9. The third kappa shape index (κ3) is 5.41. The van der Waals surface area contributed by atoms with E-state index >= 15 is 0 Å². The van der Waals surface area contributed by atoms with E-state index < -0.39 is 0 Å². The first kappa shape index (κ1) is 22.3. The van der Waals surface area contributed by atoms with Crippen molar-refractivity contribution in [1.82, 2.24) is 5.32 Å². The number of anilines is 1. The van der Waals surface area contributed by atoms with E-state index in [9.17, 15) is 9.59 Å². The fraction of sp³-hybridized carbons (Fsp3) is 0.190. The number of thiocarbonyl (C=S) groups is 1. The van der Waals surface area contributed by atoms with Gasteiger partial charge in [0.25, 0.3) is 11.8 Å². The summed E-state index contributed by atoms with van der Waals surface area (Å²) in [5.74, 6) is 0.363. The van der Waals surface area contributed by atoms with E-state index in [2.05, 4.69) is 26.6 Å². The lowest BCUT2D eigenvalue weighted by Crippen LogP contribution is -2.20. The van der Waals surface area contributed by atoms with E-state index in [4.69, 9.17) is 21.7 Å². The number of amides is 2. The normalized spacial score (nSPS) is 14.6. The minimum Gasteiger partial charge on any atom is -0.493 e. The third-order valence-corrected chi connectivity index (χ3v) is 6.16. The molecular formula is C21H19BrN2O4S2. The van der Waals surface area contributed by atoms with Gasteiger partial charge in [0.05, 0.1) is 17.7 Å². The van der Waals surface area contributed by atoms with Crippen molar-refractivity contribution in [3.8, 4) is 11.5 Å². The Morgan fingerprint density at radius 2 is 1.97 bits per heavy atom. The molecule has 1 saturated heterocycles. The molecule has 6 nitrogen and oxygen atoms in total. The molecule has 1 aliphatic rings. The molecule has 0 unspecified atom stereocenters. The maximum atomic E-state index is 12.3. The molecule has 3 rings (SSSR count). The molecule has 0 bridgehead atoms. The van der Waals surface area contributed by atoms with E-state index in [0.29, 0.717) is 26.4 Å². The summed E-state index contributed by atoms with van der Waals surface area (Å²) in [6.07, 6.45) is 1.72. The fourth-order valence-electron chi connectivity index (χ4n) is 2.67. The number of hydrogen-bond donors (Lipinski definition) is 2. The maximum absolute atomic E-state index is 12.3. The summed E-state index contributed by atoms with van der Waals surface area (Å²) >= 11 is 9.66. The van der Waals surface area contributed by atoms with Crippen LogP contribution in [0.3, 0.4) is 0 Å². The highest BCUT2D eigenvalue weighted by molar-refractivity contribution is 9.10. The average molecular weight is 507 g/mol. The summed E-state index contributed by atoms with van der Waals surface area (Å²) in [5, 5.41) is 5.41. The van der Waals surface area contributed by atoms with E-state index in [1.807, 2.05) is 26.0 Å². The maximum Gasteiger partial charge on any atom is 0.263 e. The molecule has 0 atom stereocenters. The Balaban J connectivity index is 1.67. The number of nitrogens with one attached hydrogen (secondary N) is 2. The van der Waals surface area contributed by atoms with Crippen LogP contribution in [0.1, 0.15) is 16.7 Å². The number of carbonyl (C=O) groups is 2. The second kappa shape index (κ2) is 9.63. The zero-order valence-electron chi connectivity index (χ0n) is 16.5. The third-order valence-electron chi connectivity index (χ3n) is 4.34. The van der Waals surface area contributed by atoms with Crippen molar-refractivity contribution in [2.75, 3.05) is 19.0 Å². The molecule has 0 radical (unpaired) electrons. The second-order valence-electron chi connectivity index (χ2n) is 6.52. The molecule has 2 amide bonds. The molecule has 2 aromatic rings. The molecule has 0 saturated carbocycles. The van der Waals surface area contributed by atoms with Crippen molar-refractivity contribution in [2.45, 2.75) is 13.8 Å². The van der Waals surface area contributed by atoms with Crippen LogP contribution in [0.25, 0.3) is 6.08 Å². The number of benzene rings is 2. The van der Waals surface area contributed by atoms with Gasteiger partial charge in [-0.3, -0.25) is 9.59 Å². The van der Waals surface area contributed by atoms with Crippen LogP contribution in [0.2, 0.25) is 0 Å². The predicted molar refractivity (Wildman–Crippen MR) is 127 cm³/mol. The second-order valence-corrected chi connectivity index (χ2v) is 9.09. The van der Waals surface area contributed by atoms with Crippen molar-refractivity contribution >= 4 is 67.8 Å². The van der Waals surface area contributed by atoms with Gasteiger partial charge in [0.2, 0.25) is 0 Å². The van der Waals surface area contributed by atoms with E-state index in [1.165, 1.54) is 18.9 Å². The van der Waals surface area contributed by atoms with Crippen LogP contribution in [0, 0.1) is 13.8 Å². The van der Waals surface area contributed by atoms with Gasteiger partial charge in [0, 0.05) is 4.47 Å². The summed E-state index contributed by atoms with van der Waals surface area (Å²) in [6.45, 7) is 3.81. The minimum atomic E-state index is -0.292. The summed E-state index contributed by atoms with van der Waals surface area (Å²) in [6, 6.07) is 9.06. The topological polar surface area (TPSA) is 76.7 Å². The predicted octanol–water partition coefficient (Wildman–Crippen LogP) is 4.58. The minimum absolute atomic E-state index is 0.178. The Morgan fingerprint density at radius 3 is 2.63 bits per heavy atom. The van der Waals surface area contributed by atoms with Crippen molar-refractivity contribution in [2.24, 2.45) is 0 Å². The molecule has 1 fully saturated rings. The van der Waals surface area contributed by atoms with Crippen molar-refractivity contribution < 1.29 is 19.1 Å². The zero-order chi connectivity index (χ0) is 21.8. The number of halogens is 1. The summed E-state index contributed by atoms with van der Waals surface area (Å²) in [7, 11) is 1.51. The van der Waals surface area contributed by atoms with Gasteiger partial charge in [0.1, 0.15) is 4.32 Å². The Morgan fingerprint density at radius 1 is 1.23 bits per heavy atom. The number of ether oxygens (including phenoxy) is 2. The first-order valence-electron chi connectivity index (χ1n) is 8.89. The number of carbonyl (C=O) groups excluding carboxylic acids is 2. The van der Waals surface area contributed by atoms with Crippen LogP contribution in [0.4, 0.5) is 5.69 Å². The van der Waals surface area contributed by atoms with Gasteiger partial charge in [-0.05, 0) is 76.8 Å². The Kier molecular flexibility index (Phi) is 7.17. The standard InChI is InChI=1S/C21H19BrN2O4S2/c1-11-6-14(22)15(7-12(11)2)23-19(25)10-28-16-5-4-13(8-17(16)27-3)9-18-20(26)24-21(29)30-18/h4-9H,10H2,1-3H3,(H,23,25)(H,24,26,29)/b18-9+. The zero-order valence-corrected chi connectivity index (χ0v) is 19.7. The van der Waals surface area contributed by atoms with E-state index in [-0.39, 0.29) is 18.4 Å². The molecule has 1 heterocycles. The molecular weight excluding hydrogens is 488 g/mol. The smallest absolute Gasteiger partial charge is 0.263 e. The number of rotatable bonds is 6. The molecule has 30 heavy (non-hydrogen) atoms. The number of aryl methyl sites for hydroxylation is 2. The van der Waals surface area contributed by atoms with Crippen molar-refractivity contribution in [3.05, 3.63) is 56.4 Å². The SMILES string of the molecule is COc1cc(/C=C2/SC(=S)NC2=O)ccc1OCC(=O)Nc1cc(C)c(C)cc1Br. The van der Waals surface area contributed by atoms with Crippen LogP contribution >= 0.6 is 39.9 Å². The molecule has 0 aromatic heterocycles. The van der Waals surface area contributed by atoms with Crippen LogP contribution < -0.4 is 20.1 Å². The van der Waals surface area contributed by atoms with Gasteiger partial charge in [-0.1, -0.05) is 30.0 Å². The summed E-state index contributed by atoms with van der Waals surface area (Å²) < 4.78 is 12.2. The number of methoxy groups -OCH3 is 1. The van der Waals surface area contributed by atoms with Gasteiger partial charge in [-0.15, -0.1) is 0 Å². The Hall–Kier alpha value is -2.36. The summed E-state index contributed by atoms with van der Waals surface area (Å²) in [5.41, 5.74) is 3.65. The van der Waals surface area contributed by atoms with Crippen molar-refractivity contribution in [3.63, 3.8) is 0 Å². The lowest BCUT2D eigenvalue weighted by atomic mass is 10.1. The molecule has 156 valence electrons. The van der Waals surface area contributed by atoms with Crippen molar-refractivity contribution in [1.29, 1.82) is 0 Å². The number of hydrogen-bond acceptors (Lipinski definition) is 6.